The molecule has 4 atom stereocenters. The molecule has 0 aliphatic heterocycles. The third-order valence-electron chi connectivity index (χ3n) is 4.86. The van der Waals surface area contributed by atoms with E-state index in [2.05, 4.69) is 38.2 Å². The Morgan fingerprint density at radius 1 is 0.773 bits per heavy atom. The predicted octanol–water partition coefficient (Wildman–Crippen LogP) is 3.28. The molecule has 22 heavy (non-hydrogen) atoms. The molecule has 0 bridgehead atoms. The van der Waals surface area contributed by atoms with Crippen LogP contribution in [0.15, 0.2) is 24.3 Å². The van der Waals surface area contributed by atoms with Crippen molar-refractivity contribution in [3.63, 3.8) is 0 Å². The Morgan fingerprint density at radius 3 is 1.50 bits per heavy atom. The van der Waals surface area contributed by atoms with E-state index in [9.17, 15) is 9.59 Å². The third kappa shape index (κ3) is 4.72. The van der Waals surface area contributed by atoms with Gasteiger partial charge in [0, 0.05) is 0 Å². The lowest BCUT2D eigenvalue weighted by Gasteiger charge is -2.25. The van der Waals surface area contributed by atoms with Gasteiger partial charge in [-0.1, -0.05) is 38.2 Å². The van der Waals surface area contributed by atoms with Crippen LogP contribution in [-0.2, 0) is 19.1 Å². The van der Waals surface area contributed by atoms with Gasteiger partial charge in [0.1, 0.15) is 0 Å². The second-order valence-corrected chi connectivity index (χ2v) is 6.56. The summed E-state index contributed by atoms with van der Waals surface area (Å²) in [4.78, 5) is 23.4. The first-order valence-electron chi connectivity index (χ1n) is 8.21. The zero-order valence-electron chi connectivity index (χ0n) is 13.5. The van der Waals surface area contributed by atoms with E-state index in [1.54, 1.807) is 0 Å². The van der Waals surface area contributed by atoms with E-state index in [0.717, 1.165) is 25.7 Å². The normalized spacial score (nSPS) is 30.8. The molecule has 2 rings (SSSR count). The summed E-state index contributed by atoms with van der Waals surface area (Å²) < 4.78 is 10.2. The molecule has 0 saturated heterocycles. The molecule has 0 fully saturated rings. The summed E-state index contributed by atoms with van der Waals surface area (Å²) in [7, 11) is 0. The topological polar surface area (TPSA) is 52.6 Å². The Morgan fingerprint density at radius 2 is 1.14 bits per heavy atom. The molecule has 0 aromatic carbocycles. The van der Waals surface area contributed by atoms with E-state index >= 15 is 0 Å². The van der Waals surface area contributed by atoms with Crippen molar-refractivity contribution in [3.8, 4) is 0 Å². The van der Waals surface area contributed by atoms with E-state index < -0.39 is 11.9 Å². The van der Waals surface area contributed by atoms with Gasteiger partial charge in [0.25, 0.3) is 0 Å². The third-order valence-corrected chi connectivity index (χ3v) is 4.86. The van der Waals surface area contributed by atoms with Crippen molar-refractivity contribution in [3.05, 3.63) is 24.3 Å². The summed E-state index contributed by atoms with van der Waals surface area (Å²) in [5, 5.41) is 0. The van der Waals surface area contributed by atoms with Gasteiger partial charge in [-0.3, -0.25) is 0 Å². The fraction of sp³-hybridized carbons (Fsp3) is 0.667. The number of hydrogen-bond acceptors (Lipinski definition) is 4. The second kappa shape index (κ2) is 8.16. The van der Waals surface area contributed by atoms with Crippen LogP contribution in [0.2, 0.25) is 0 Å². The van der Waals surface area contributed by atoms with E-state index in [0.29, 0.717) is 36.9 Å². The number of allylic oxidation sites excluding steroid dienone is 4. The van der Waals surface area contributed by atoms with Crippen molar-refractivity contribution in [1.82, 2.24) is 0 Å². The highest BCUT2D eigenvalue weighted by Gasteiger charge is 2.25. The summed E-state index contributed by atoms with van der Waals surface area (Å²) in [6.45, 7) is 4.86. The van der Waals surface area contributed by atoms with E-state index in [1.165, 1.54) is 0 Å². The molecule has 0 amide bonds. The summed E-state index contributed by atoms with van der Waals surface area (Å²) >= 11 is 0. The first-order valence-corrected chi connectivity index (χ1v) is 8.21. The van der Waals surface area contributed by atoms with Crippen molar-refractivity contribution < 1.29 is 19.1 Å². The van der Waals surface area contributed by atoms with Crippen molar-refractivity contribution in [2.24, 2.45) is 23.7 Å². The number of rotatable bonds is 4. The highest BCUT2D eigenvalue weighted by atomic mass is 16.6. The molecule has 2 aliphatic carbocycles. The van der Waals surface area contributed by atoms with Gasteiger partial charge >= 0.3 is 11.9 Å². The monoisotopic (exact) mass is 306 g/mol. The summed E-state index contributed by atoms with van der Waals surface area (Å²) in [5.74, 6) is -0.176. The van der Waals surface area contributed by atoms with E-state index in [-0.39, 0.29) is 0 Å². The highest BCUT2D eigenvalue weighted by Crippen LogP contribution is 2.26. The second-order valence-electron chi connectivity index (χ2n) is 6.56. The van der Waals surface area contributed by atoms with Gasteiger partial charge in [-0.15, -0.1) is 0 Å². The summed E-state index contributed by atoms with van der Waals surface area (Å²) in [5.41, 5.74) is 0. The number of carbonyl (C=O) groups excluding carboxylic acids is 2. The minimum absolute atomic E-state index is 0.294. The summed E-state index contributed by atoms with van der Waals surface area (Å²) in [6, 6.07) is 0. The van der Waals surface area contributed by atoms with E-state index in [4.69, 9.17) is 9.47 Å². The maximum atomic E-state index is 11.7. The molecule has 4 heteroatoms. The Hall–Kier alpha value is -1.58. The molecular formula is C18H26O4. The molecule has 0 radical (unpaired) electrons. The van der Waals surface area contributed by atoms with Gasteiger partial charge in [0.05, 0.1) is 13.2 Å². The molecule has 0 spiro atoms. The predicted molar refractivity (Wildman–Crippen MR) is 84.0 cm³/mol. The SMILES string of the molecule is C[C@@H]1CC=CC[C@H]1COC(=O)C(=O)OC[C@@H]1CC=CC[C@@H]1C. The maximum absolute atomic E-state index is 11.7. The van der Waals surface area contributed by atoms with Crippen LogP contribution in [0.25, 0.3) is 0 Å². The van der Waals surface area contributed by atoms with Gasteiger partial charge in [-0.2, -0.15) is 0 Å². The minimum Gasteiger partial charge on any atom is -0.457 e. The maximum Gasteiger partial charge on any atom is 0.417 e. The van der Waals surface area contributed by atoms with Crippen molar-refractivity contribution >= 4 is 11.9 Å². The van der Waals surface area contributed by atoms with Gasteiger partial charge in [-0.05, 0) is 49.4 Å². The van der Waals surface area contributed by atoms with Crippen molar-refractivity contribution in [2.45, 2.75) is 39.5 Å². The Kier molecular flexibility index (Phi) is 6.22. The Labute approximate surface area is 132 Å². The molecule has 0 aromatic rings. The fourth-order valence-electron chi connectivity index (χ4n) is 2.96. The molecule has 0 saturated carbocycles. The molecule has 0 unspecified atom stereocenters. The zero-order valence-corrected chi connectivity index (χ0v) is 13.5. The lowest BCUT2D eigenvalue weighted by Crippen LogP contribution is -2.28. The van der Waals surface area contributed by atoms with Gasteiger partial charge in [0.2, 0.25) is 0 Å². The molecule has 2 aliphatic rings. The highest BCUT2D eigenvalue weighted by molar-refractivity contribution is 6.29. The Balaban J connectivity index is 1.69. The average molecular weight is 306 g/mol. The molecule has 122 valence electrons. The van der Waals surface area contributed by atoms with Crippen LogP contribution < -0.4 is 0 Å². The first kappa shape index (κ1) is 16.8. The van der Waals surface area contributed by atoms with Gasteiger partial charge in [-0.25, -0.2) is 9.59 Å². The van der Waals surface area contributed by atoms with Crippen LogP contribution in [-0.4, -0.2) is 25.2 Å². The van der Waals surface area contributed by atoms with Crippen LogP contribution in [0.5, 0.6) is 0 Å². The van der Waals surface area contributed by atoms with Gasteiger partial charge < -0.3 is 9.47 Å². The number of carbonyl (C=O) groups is 2. The molecule has 0 heterocycles. The quantitative estimate of drug-likeness (QED) is 0.454. The van der Waals surface area contributed by atoms with E-state index in [1.807, 2.05) is 0 Å². The standard InChI is InChI=1S/C18H26O4/c1-13-7-3-5-9-15(13)11-21-17(19)18(20)22-12-16-10-6-4-8-14(16)2/h3-6,13-16H,7-12H2,1-2H3/t13-,14+,15-,16-/m0/s1. The minimum atomic E-state index is -0.860. The fourth-order valence-corrected chi connectivity index (χ4v) is 2.96. The number of hydrogen-bond donors (Lipinski definition) is 0. The largest absolute Gasteiger partial charge is 0.457 e. The number of esters is 2. The smallest absolute Gasteiger partial charge is 0.417 e. The van der Waals surface area contributed by atoms with Crippen LogP contribution in [0.3, 0.4) is 0 Å². The van der Waals surface area contributed by atoms with Gasteiger partial charge in [0.15, 0.2) is 0 Å². The molecule has 0 N–H and O–H groups in total. The Bertz CT molecular complexity index is 410. The molecular weight excluding hydrogens is 280 g/mol. The average Bonchev–Trinajstić information content (AvgIpc) is 2.52. The van der Waals surface area contributed by atoms with Crippen LogP contribution >= 0.6 is 0 Å². The lowest BCUT2D eigenvalue weighted by atomic mass is 9.85. The molecule has 0 aromatic heterocycles. The van der Waals surface area contributed by atoms with Crippen molar-refractivity contribution in [1.29, 1.82) is 0 Å². The molecule has 4 nitrogen and oxygen atoms in total. The van der Waals surface area contributed by atoms with Crippen LogP contribution in [0.4, 0.5) is 0 Å². The number of ether oxygens (including phenoxy) is 2. The van der Waals surface area contributed by atoms with Crippen LogP contribution in [0, 0.1) is 23.7 Å². The summed E-state index contributed by atoms with van der Waals surface area (Å²) in [6.07, 6.45) is 12.3. The van der Waals surface area contributed by atoms with Crippen LogP contribution in [0.1, 0.15) is 39.5 Å². The zero-order chi connectivity index (χ0) is 15.9. The first-order chi connectivity index (χ1) is 10.6. The lowest BCUT2D eigenvalue weighted by molar-refractivity contribution is -0.169. The van der Waals surface area contributed by atoms with Crippen molar-refractivity contribution in [2.75, 3.05) is 13.2 Å².